The van der Waals surface area contributed by atoms with Crippen molar-refractivity contribution in [2.24, 2.45) is 0 Å². The van der Waals surface area contributed by atoms with Crippen molar-refractivity contribution in [3.63, 3.8) is 0 Å². The standard InChI is InChI=1S/C24H26ClNO5/c1-2-16-3-4-22-21(9-16)24(15-31-22)5-7-26(8-6-24)23(29)17-10-18(25)12-20(11-17)30-14-19(28)13-27/h3-4,9-12,27H,2,5-8,13-15H2,1H3. The van der Waals surface area contributed by atoms with Crippen LogP contribution >= 0.6 is 11.6 Å². The Balaban J connectivity index is 1.46. The van der Waals surface area contributed by atoms with E-state index in [1.807, 2.05) is 4.90 Å². The quantitative estimate of drug-likeness (QED) is 0.740. The lowest BCUT2D eigenvalue weighted by Crippen LogP contribution is -2.46. The van der Waals surface area contributed by atoms with Crippen LogP contribution in [0.2, 0.25) is 5.02 Å². The Morgan fingerprint density at radius 2 is 1.97 bits per heavy atom. The molecule has 1 N–H and O–H groups in total. The SMILES string of the molecule is CCc1ccc2c(c1)C1(CCN(C(=O)c3cc(Cl)cc(OCC(=O)CO)c3)CC1)CO2. The van der Waals surface area contributed by atoms with Crippen molar-refractivity contribution in [1.29, 1.82) is 0 Å². The van der Waals surface area contributed by atoms with Crippen LogP contribution in [0, 0.1) is 0 Å². The minimum atomic E-state index is -0.589. The summed E-state index contributed by atoms with van der Waals surface area (Å²) in [5, 5.41) is 9.19. The second-order valence-electron chi connectivity index (χ2n) is 8.21. The summed E-state index contributed by atoms with van der Waals surface area (Å²) < 4.78 is 11.3. The molecule has 2 aliphatic heterocycles. The summed E-state index contributed by atoms with van der Waals surface area (Å²) in [4.78, 5) is 26.2. The van der Waals surface area contributed by atoms with Gasteiger partial charge in [-0.05, 0) is 49.1 Å². The van der Waals surface area contributed by atoms with Crippen LogP contribution in [0.25, 0.3) is 0 Å². The average molecular weight is 444 g/mol. The molecule has 2 aliphatic rings. The molecule has 6 nitrogen and oxygen atoms in total. The molecule has 1 spiro atoms. The van der Waals surface area contributed by atoms with Gasteiger partial charge in [0.05, 0.1) is 6.61 Å². The van der Waals surface area contributed by atoms with E-state index in [9.17, 15) is 9.59 Å². The second-order valence-corrected chi connectivity index (χ2v) is 8.64. The first-order chi connectivity index (χ1) is 14.9. The molecular formula is C24H26ClNO5. The number of aliphatic hydroxyl groups is 1. The van der Waals surface area contributed by atoms with Gasteiger partial charge in [0, 0.05) is 34.7 Å². The molecule has 4 rings (SSSR count). The van der Waals surface area contributed by atoms with Gasteiger partial charge in [-0.25, -0.2) is 0 Å². The van der Waals surface area contributed by atoms with Gasteiger partial charge in [0.25, 0.3) is 5.91 Å². The first-order valence-corrected chi connectivity index (χ1v) is 10.9. The Hall–Kier alpha value is -2.57. The monoisotopic (exact) mass is 443 g/mol. The highest BCUT2D eigenvalue weighted by atomic mass is 35.5. The van der Waals surface area contributed by atoms with Crippen LogP contribution in [-0.2, 0) is 16.6 Å². The van der Waals surface area contributed by atoms with Crippen molar-refractivity contribution in [2.75, 3.05) is 32.9 Å². The summed E-state index contributed by atoms with van der Waals surface area (Å²) in [7, 11) is 0. The third-order valence-electron chi connectivity index (χ3n) is 6.23. The molecule has 0 aromatic heterocycles. The molecule has 1 fully saturated rings. The van der Waals surface area contributed by atoms with Gasteiger partial charge in [-0.1, -0.05) is 30.7 Å². The molecule has 0 saturated carbocycles. The number of ketones is 1. The third-order valence-corrected chi connectivity index (χ3v) is 6.45. The van der Waals surface area contributed by atoms with Crippen LogP contribution in [0.15, 0.2) is 36.4 Å². The first kappa shape index (κ1) is 21.7. The number of halogens is 1. The predicted molar refractivity (Wildman–Crippen MR) is 117 cm³/mol. The number of carbonyl (C=O) groups is 2. The maximum atomic E-state index is 13.1. The van der Waals surface area contributed by atoms with Gasteiger partial charge in [0.2, 0.25) is 0 Å². The Morgan fingerprint density at radius 3 is 2.68 bits per heavy atom. The van der Waals surface area contributed by atoms with Crippen LogP contribution in [-0.4, -0.2) is 54.6 Å². The number of ether oxygens (including phenoxy) is 2. The van der Waals surface area contributed by atoms with Crippen LogP contribution < -0.4 is 9.47 Å². The number of aliphatic hydroxyl groups excluding tert-OH is 1. The van der Waals surface area contributed by atoms with E-state index >= 15 is 0 Å². The van der Waals surface area contributed by atoms with E-state index in [2.05, 4.69) is 25.1 Å². The van der Waals surface area contributed by atoms with Crippen molar-refractivity contribution in [3.8, 4) is 11.5 Å². The molecule has 2 aromatic carbocycles. The van der Waals surface area contributed by atoms with Gasteiger partial charge in [-0.3, -0.25) is 9.59 Å². The highest BCUT2D eigenvalue weighted by Gasteiger charge is 2.44. The number of fused-ring (bicyclic) bond motifs is 2. The van der Waals surface area contributed by atoms with Crippen LogP contribution in [0.1, 0.15) is 41.3 Å². The topological polar surface area (TPSA) is 76.1 Å². The number of likely N-dealkylation sites (tertiary alicyclic amines) is 1. The summed E-state index contributed by atoms with van der Waals surface area (Å²) in [6, 6.07) is 11.2. The van der Waals surface area contributed by atoms with E-state index in [0.29, 0.717) is 36.0 Å². The number of amides is 1. The maximum absolute atomic E-state index is 13.1. The molecule has 0 atom stereocenters. The van der Waals surface area contributed by atoms with E-state index in [4.69, 9.17) is 26.2 Å². The molecule has 0 unspecified atom stereocenters. The van der Waals surface area contributed by atoms with Gasteiger partial charge in [0.15, 0.2) is 5.78 Å². The minimum absolute atomic E-state index is 0.0371. The zero-order valence-electron chi connectivity index (χ0n) is 17.5. The van der Waals surface area contributed by atoms with Gasteiger partial charge in [-0.2, -0.15) is 0 Å². The predicted octanol–water partition coefficient (Wildman–Crippen LogP) is 3.41. The van der Waals surface area contributed by atoms with Crippen molar-refractivity contribution < 1.29 is 24.2 Å². The van der Waals surface area contributed by atoms with E-state index in [0.717, 1.165) is 25.0 Å². The van der Waals surface area contributed by atoms with Crippen molar-refractivity contribution >= 4 is 23.3 Å². The van der Waals surface area contributed by atoms with E-state index < -0.39 is 12.4 Å². The zero-order chi connectivity index (χ0) is 22.0. The summed E-state index contributed by atoms with van der Waals surface area (Å²) >= 11 is 6.16. The maximum Gasteiger partial charge on any atom is 0.254 e. The van der Waals surface area contributed by atoms with Gasteiger partial charge < -0.3 is 19.5 Å². The number of rotatable bonds is 6. The third kappa shape index (κ3) is 4.41. The number of hydrogen-bond donors (Lipinski definition) is 1. The summed E-state index contributed by atoms with van der Waals surface area (Å²) in [5.41, 5.74) is 2.95. The molecule has 1 amide bonds. The Morgan fingerprint density at radius 1 is 1.19 bits per heavy atom. The lowest BCUT2D eigenvalue weighted by molar-refractivity contribution is -0.123. The fourth-order valence-corrected chi connectivity index (χ4v) is 4.57. The summed E-state index contributed by atoms with van der Waals surface area (Å²) in [6.07, 6.45) is 2.67. The molecule has 0 bridgehead atoms. The summed E-state index contributed by atoms with van der Waals surface area (Å²) in [5.74, 6) is 0.735. The fourth-order valence-electron chi connectivity index (χ4n) is 4.34. The highest BCUT2D eigenvalue weighted by molar-refractivity contribution is 6.31. The molecule has 1 saturated heterocycles. The van der Waals surface area contributed by atoms with Gasteiger partial charge in [-0.15, -0.1) is 0 Å². The zero-order valence-corrected chi connectivity index (χ0v) is 18.3. The Kier molecular flexibility index (Phi) is 6.21. The van der Waals surface area contributed by atoms with Crippen molar-refractivity contribution in [1.82, 2.24) is 4.90 Å². The van der Waals surface area contributed by atoms with Gasteiger partial charge >= 0.3 is 0 Å². The largest absolute Gasteiger partial charge is 0.492 e. The van der Waals surface area contributed by atoms with Crippen LogP contribution in [0.4, 0.5) is 0 Å². The number of hydrogen-bond acceptors (Lipinski definition) is 5. The van der Waals surface area contributed by atoms with E-state index in [1.54, 1.807) is 18.2 Å². The van der Waals surface area contributed by atoms with E-state index in [1.165, 1.54) is 11.1 Å². The van der Waals surface area contributed by atoms with E-state index in [-0.39, 0.29) is 17.9 Å². The fraction of sp³-hybridized carbons (Fsp3) is 0.417. The van der Waals surface area contributed by atoms with Crippen LogP contribution in [0.3, 0.4) is 0 Å². The molecule has 0 aliphatic carbocycles. The van der Waals surface area contributed by atoms with Crippen LogP contribution in [0.5, 0.6) is 11.5 Å². The van der Waals surface area contributed by atoms with Gasteiger partial charge in [0.1, 0.15) is 24.7 Å². The normalized spacial score (nSPS) is 16.7. The van der Waals surface area contributed by atoms with Crippen molar-refractivity contribution in [3.05, 3.63) is 58.1 Å². The molecule has 31 heavy (non-hydrogen) atoms. The minimum Gasteiger partial charge on any atom is -0.492 e. The number of benzene rings is 2. The first-order valence-electron chi connectivity index (χ1n) is 10.6. The molecule has 2 aromatic rings. The lowest BCUT2D eigenvalue weighted by Gasteiger charge is -2.38. The Labute approximate surface area is 186 Å². The highest BCUT2D eigenvalue weighted by Crippen LogP contribution is 2.46. The molecular weight excluding hydrogens is 418 g/mol. The molecule has 164 valence electrons. The Bertz CT molecular complexity index is 997. The van der Waals surface area contributed by atoms with Crippen molar-refractivity contribution in [2.45, 2.75) is 31.6 Å². The number of carbonyl (C=O) groups excluding carboxylic acids is 2. The number of nitrogens with zero attached hydrogens (tertiary/aromatic N) is 1. The average Bonchev–Trinajstić information content (AvgIpc) is 3.14. The smallest absolute Gasteiger partial charge is 0.254 e. The molecule has 0 radical (unpaired) electrons. The molecule has 2 heterocycles. The number of piperidine rings is 1. The number of aryl methyl sites for hydroxylation is 1. The summed E-state index contributed by atoms with van der Waals surface area (Å²) in [6.45, 7) is 3.21. The molecule has 7 heteroatoms. The lowest BCUT2D eigenvalue weighted by atomic mass is 9.74. The second kappa shape index (κ2) is 8.89. The number of Topliss-reactive ketones (excluding diaryl/α,β-unsaturated/α-hetero) is 1.